The molecule has 1 fully saturated rings. The Balaban J connectivity index is 2.39. The van der Waals surface area contributed by atoms with E-state index < -0.39 is 6.10 Å². The Labute approximate surface area is 72.3 Å². The Hall–Kier alpha value is -0.610. The van der Waals surface area contributed by atoms with Gasteiger partial charge in [-0.1, -0.05) is 0 Å². The lowest BCUT2D eigenvalue weighted by molar-refractivity contribution is -0.140. The zero-order chi connectivity index (χ0) is 9.14. The summed E-state index contributed by atoms with van der Waals surface area (Å²) in [5, 5.41) is 9.02. The maximum atomic E-state index is 11.2. The van der Waals surface area contributed by atoms with Crippen LogP contribution in [0, 0.1) is 0 Å². The summed E-state index contributed by atoms with van der Waals surface area (Å²) in [5.41, 5.74) is 5.67. The van der Waals surface area contributed by atoms with Crippen molar-refractivity contribution in [2.45, 2.75) is 31.9 Å². The molecule has 3 N–H and O–H groups in total. The summed E-state index contributed by atoms with van der Waals surface area (Å²) in [5.74, 6) is -0.179. The van der Waals surface area contributed by atoms with Crippen LogP contribution >= 0.6 is 0 Å². The zero-order valence-electron chi connectivity index (χ0n) is 7.36. The molecule has 1 aliphatic heterocycles. The monoisotopic (exact) mass is 172 g/mol. The van der Waals surface area contributed by atoms with Gasteiger partial charge in [0.2, 0.25) is 0 Å². The minimum absolute atomic E-state index is 0.179. The number of amides is 1. The summed E-state index contributed by atoms with van der Waals surface area (Å²) >= 11 is 0. The van der Waals surface area contributed by atoms with Gasteiger partial charge in [-0.05, 0) is 19.8 Å². The van der Waals surface area contributed by atoms with Crippen LogP contribution in [0.3, 0.4) is 0 Å². The largest absolute Gasteiger partial charge is 0.384 e. The lowest BCUT2D eigenvalue weighted by atomic mass is 10.1. The van der Waals surface area contributed by atoms with E-state index in [0.717, 1.165) is 12.8 Å². The van der Waals surface area contributed by atoms with Crippen LogP contribution in [0.25, 0.3) is 0 Å². The molecule has 1 heterocycles. The number of carbonyl (C=O) groups excluding carboxylic acids is 1. The van der Waals surface area contributed by atoms with E-state index in [0.29, 0.717) is 13.1 Å². The van der Waals surface area contributed by atoms with Gasteiger partial charge in [0.15, 0.2) is 0 Å². The molecule has 0 aromatic carbocycles. The van der Waals surface area contributed by atoms with Crippen molar-refractivity contribution >= 4 is 5.91 Å². The topological polar surface area (TPSA) is 66.6 Å². The van der Waals surface area contributed by atoms with Crippen molar-refractivity contribution in [3.05, 3.63) is 0 Å². The normalized spacial score (nSPS) is 22.4. The summed E-state index contributed by atoms with van der Waals surface area (Å²) in [6.45, 7) is 2.87. The highest BCUT2D eigenvalue weighted by molar-refractivity contribution is 5.80. The van der Waals surface area contributed by atoms with E-state index in [9.17, 15) is 4.79 Å². The first kappa shape index (κ1) is 9.48. The van der Waals surface area contributed by atoms with Crippen molar-refractivity contribution in [1.29, 1.82) is 0 Å². The fourth-order valence-corrected chi connectivity index (χ4v) is 1.38. The second kappa shape index (κ2) is 3.87. The average molecular weight is 172 g/mol. The molecule has 1 atom stereocenters. The predicted octanol–water partition coefficient (Wildman–Crippen LogP) is -0.683. The number of nitrogens with two attached hydrogens (primary N) is 1. The summed E-state index contributed by atoms with van der Waals surface area (Å²) in [6, 6.07) is 0.225. The first-order chi connectivity index (χ1) is 5.61. The molecule has 0 bridgehead atoms. The van der Waals surface area contributed by atoms with Crippen molar-refractivity contribution in [2.75, 3.05) is 13.1 Å². The van der Waals surface area contributed by atoms with Crippen LogP contribution in [0.5, 0.6) is 0 Å². The number of hydrogen-bond donors (Lipinski definition) is 2. The van der Waals surface area contributed by atoms with Crippen LogP contribution in [-0.2, 0) is 4.79 Å². The van der Waals surface area contributed by atoms with Crippen LogP contribution < -0.4 is 5.73 Å². The highest BCUT2D eigenvalue weighted by Gasteiger charge is 2.22. The number of aliphatic hydroxyl groups is 1. The molecule has 1 amide bonds. The second-order valence-electron chi connectivity index (χ2n) is 3.34. The Morgan fingerprint density at radius 1 is 1.58 bits per heavy atom. The molecule has 0 aromatic heterocycles. The third-order valence-corrected chi connectivity index (χ3v) is 2.21. The average Bonchev–Trinajstić information content (AvgIpc) is 2.04. The first-order valence-corrected chi connectivity index (χ1v) is 4.33. The van der Waals surface area contributed by atoms with Gasteiger partial charge in [0.1, 0.15) is 6.10 Å². The Morgan fingerprint density at radius 3 is 2.50 bits per heavy atom. The van der Waals surface area contributed by atoms with E-state index in [-0.39, 0.29) is 11.9 Å². The van der Waals surface area contributed by atoms with Gasteiger partial charge in [-0.2, -0.15) is 0 Å². The third-order valence-electron chi connectivity index (χ3n) is 2.21. The van der Waals surface area contributed by atoms with Gasteiger partial charge < -0.3 is 15.7 Å². The molecule has 0 aromatic rings. The summed E-state index contributed by atoms with van der Waals surface area (Å²) in [7, 11) is 0. The van der Waals surface area contributed by atoms with E-state index >= 15 is 0 Å². The van der Waals surface area contributed by atoms with Gasteiger partial charge in [0, 0.05) is 19.1 Å². The van der Waals surface area contributed by atoms with Crippen molar-refractivity contribution in [3.63, 3.8) is 0 Å². The SMILES string of the molecule is C[C@H](O)C(=O)N1CCC(N)CC1. The summed E-state index contributed by atoms with van der Waals surface area (Å²) in [6.07, 6.45) is 0.816. The van der Waals surface area contributed by atoms with Crippen molar-refractivity contribution in [2.24, 2.45) is 5.73 Å². The van der Waals surface area contributed by atoms with E-state index in [1.807, 2.05) is 0 Å². The molecule has 0 saturated carbocycles. The van der Waals surface area contributed by atoms with E-state index in [1.165, 1.54) is 6.92 Å². The maximum Gasteiger partial charge on any atom is 0.251 e. The quantitative estimate of drug-likeness (QED) is 0.550. The maximum absolute atomic E-state index is 11.2. The lowest BCUT2D eigenvalue weighted by Gasteiger charge is -2.30. The Bertz CT molecular complexity index is 162. The molecule has 0 radical (unpaired) electrons. The highest BCUT2D eigenvalue weighted by Crippen LogP contribution is 2.09. The smallest absolute Gasteiger partial charge is 0.251 e. The van der Waals surface area contributed by atoms with Crippen LogP contribution in [0.1, 0.15) is 19.8 Å². The van der Waals surface area contributed by atoms with E-state index in [1.54, 1.807) is 4.90 Å². The first-order valence-electron chi connectivity index (χ1n) is 4.33. The predicted molar refractivity (Wildman–Crippen MR) is 45.5 cm³/mol. The fraction of sp³-hybridized carbons (Fsp3) is 0.875. The van der Waals surface area contributed by atoms with Crippen LogP contribution in [0.2, 0.25) is 0 Å². The molecule has 70 valence electrons. The molecule has 0 unspecified atom stereocenters. The van der Waals surface area contributed by atoms with Gasteiger partial charge in [0.25, 0.3) is 5.91 Å². The van der Waals surface area contributed by atoms with E-state index in [2.05, 4.69) is 0 Å². The Morgan fingerprint density at radius 2 is 2.08 bits per heavy atom. The number of carbonyl (C=O) groups is 1. The van der Waals surface area contributed by atoms with Gasteiger partial charge in [0.05, 0.1) is 0 Å². The van der Waals surface area contributed by atoms with Crippen LogP contribution in [0.4, 0.5) is 0 Å². The number of nitrogens with zero attached hydrogens (tertiary/aromatic N) is 1. The fourth-order valence-electron chi connectivity index (χ4n) is 1.38. The minimum atomic E-state index is -0.876. The van der Waals surface area contributed by atoms with Crippen LogP contribution in [-0.4, -0.2) is 41.1 Å². The number of hydrogen-bond acceptors (Lipinski definition) is 3. The van der Waals surface area contributed by atoms with Crippen molar-refractivity contribution in [3.8, 4) is 0 Å². The number of likely N-dealkylation sites (tertiary alicyclic amines) is 1. The van der Waals surface area contributed by atoms with Gasteiger partial charge in [-0.25, -0.2) is 0 Å². The van der Waals surface area contributed by atoms with Crippen molar-refractivity contribution in [1.82, 2.24) is 4.90 Å². The Kier molecular flexibility index (Phi) is 3.05. The molecule has 0 aliphatic carbocycles. The highest BCUT2D eigenvalue weighted by atomic mass is 16.3. The molecule has 0 spiro atoms. The van der Waals surface area contributed by atoms with E-state index in [4.69, 9.17) is 10.8 Å². The molecule has 4 nitrogen and oxygen atoms in total. The standard InChI is InChI=1S/C8H16N2O2/c1-6(11)8(12)10-4-2-7(9)3-5-10/h6-7,11H,2-5,9H2,1H3/t6-/m0/s1. The molecule has 12 heavy (non-hydrogen) atoms. The van der Waals surface area contributed by atoms with Crippen molar-refractivity contribution < 1.29 is 9.90 Å². The molecule has 1 saturated heterocycles. The molecule has 1 rings (SSSR count). The lowest BCUT2D eigenvalue weighted by Crippen LogP contribution is -2.46. The molecule has 4 heteroatoms. The minimum Gasteiger partial charge on any atom is -0.384 e. The number of aliphatic hydroxyl groups excluding tert-OH is 1. The molecule has 1 aliphatic rings. The second-order valence-corrected chi connectivity index (χ2v) is 3.34. The van der Waals surface area contributed by atoms with Gasteiger partial charge >= 0.3 is 0 Å². The summed E-state index contributed by atoms with van der Waals surface area (Å²) < 4.78 is 0. The summed E-state index contributed by atoms with van der Waals surface area (Å²) in [4.78, 5) is 12.9. The van der Waals surface area contributed by atoms with Crippen LogP contribution in [0.15, 0.2) is 0 Å². The number of piperidine rings is 1. The third kappa shape index (κ3) is 2.19. The van der Waals surface area contributed by atoms with Gasteiger partial charge in [-0.3, -0.25) is 4.79 Å². The van der Waals surface area contributed by atoms with Gasteiger partial charge in [-0.15, -0.1) is 0 Å². The zero-order valence-corrected chi connectivity index (χ0v) is 7.36. The molecular formula is C8H16N2O2. The molecular weight excluding hydrogens is 156 g/mol. The number of rotatable bonds is 1.